The predicted octanol–water partition coefficient (Wildman–Crippen LogP) is 1.91. The Kier molecular flexibility index (Phi) is 4.52. The van der Waals surface area contributed by atoms with Gasteiger partial charge in [0.2, 0.25) is 0 Å². The van der Waals surface area contributed by atoms with Gasteiger partial charge in [0.25, 0.3) is 0 Å². The molecule has 0 aromatic carbocycles. The number of nitrogens with zero attached hydrogens (tertiary/aromatic N) is 3. The lowest BCUT2D eigenvalue weighted by molar-refractivity contribution is -0.132. The van der Waals surface area contributed by atoms with Crippen LogP contribution in [0.5, 0.6) is 0 Å². The lowest BCUT2D eigenvalue weighted by Gasteiger charge is -2.20. The third-order valence-electron chi connectivity index (χ3n) is 2.00. The summed E-state index contributed by atoms with van der Waals surface area (Å²) in [5.74, 6) is 5.85. The van der Waals surface area contributed by atoms with Gasteiger partial charge in [-0.1, -0.05) is 0 Å². The monoisotopic (exact) mass is 313 g/mol. The van der Waals surface area contributed by atoms with Crippen molar-refractivity contribution < 1.29 is 13.2 Å². The summed E-state index contributed by atoms with van der Waals surface area (Å²) in [7, 11) is 1.51. The highest BCUT2D eigenvalue weighted by molar-refractivity contribution is 9.10. The number of anilines is 2. The zero-order valence-electron chi connectivity index (χ0n) is 8.92. The molecule has 0 aliphatic carbocycles. The molecule has 1 aromatic heterocycles. The van der Waals surface area contributed by atoms with Gasteiger partial charge in [-0.05, 0) is 15.9 Å². The number of hydrogen-bond acceptors (Lipinski definition) is 5. The van der Waals surface area contributed by atoms with Crippen LogP contribution in [-0.4, -0.2) is 29.7 Å². The summed E-state index contributed by atoms with van der Waals surface area (Å²) in [5.41, 5.74) is 2.32. The molecule has 5 nitrogen and oxygen atoms in total. The summed E-state index contributed by atoms with van der Waals surface area (Å²) >= 11 is 3.17. The van der Waals surface area contributed by atoms with Crippen molar-refractivity contribution in [3.63, 3.8) is 0 Å². The Bertz CT molecular complexity index is 384. The number of nitrogen functional groups attached to an aromatic ring is 1. The summed E-state index contributed by atoms with van der Waals surface area (Å²) < 4.78 is 36.6. The van der Waals surface area contributed by atoms with Gasteiger partial charge in [-0.3, -0.25) is 0 Å². The van der Waals surface area contributed by atoms with Gasteiger partial charge in [-0.25, -0.2) is 15.8 Å². The smallest absolute Gasteiger partial charge is 0.358 e. The zero-order chi connectivity index (χ0) is 13.1. The van der Waals surface area contributed by atoms with Gasteiger partial charge >= 0.3 is 6.18 Å². The van der Waals surface area contributed by atoms with Gasteiger partial charge in [0, 0.05) is 13.6 Å². The minimum absolute atomic E-state index is 0.191. The van der Waals surface area contributed by atoms with E-state index < -0.39 is 12.6 Å². The van der Waals surface area contributed by atoms with Gasteiger partial charge in [0.15, 0.2) is 5.82 Å². The van der Waals surface area contributed by atoms with Crippen molar-refractivity contribution in [1.82, 2.24) is 9.97 Å². The Morgan fingerprint density at radius 1 is 1.47 bits per heavy atom. The van der Waals surface area contributed by atoms with Crippen LogP contribution in [0, 0.1) is 0 Å². The summed E-state index contributed by atoms with van der Waals surface area (Å²) in [4.78, 5) is 9.07. The maximum Gasteiger partial charge on any atom is 0.390 e. The quantitative estimate of drug-likeness (QED) is 0.656. The lowest BCUT2D eigenvalue weighted by Crippen LogP contribution is -2.25. The molecule has 1 aromatic rings. The third kappa shape index (κ3) is 4.00. The molecular formula is C8H11BrF3N5. The average molecular weight is 314 g/mol. The molecule has 0 aliphatic rings. The van der Waals surface area contributed by atoms with Crippen LogP contribution in [0.15, 0.2) is 10.8 Å². The highest BCUT2D eigenvalue weighted by atomic mass is 79.9. The zero-order valence-corrected chi connectivity index (χ0v) is 10.5. The largest absolute Gasteiger partial charge is 0.390 e. The van der Waals surface area contributed by atoms with Crippen LogP contribution in [-0.2, 0) is 0 Å². The van der Waals surface area contributed by atoms with E-state index in [1.807, 2.05) is 0 Å². The molecule has 0 unspecified atom stereocenters. The first-order valence-electron chi connectivity index (χ1n) is 4.60. The third-order valence-corrected chi connectivity index (χ3v) is 2.73. The molecule has 0 amide bonds. The van der Waals surface area contributed by atoms with Crippen LogP contribution in [0.2, 0.25) is 0 Å². The summed E-state index contributed by atoms with van der Waals surface area (Å²) in [6.45, 7) is -0.191. The van der Waals surface area contributed by atoms with E-state index in [0.29, 0.717) is 16.1 Å². The highest BCUT2D eigenvalue weighted by Crippen LogP contribution is 2.29. The molecule has 0 bridgehead atoms. The Hall–Kier alpha value is -1.09. The summed E-state index contributed by atoms with van der Waals surface area (Å²) in [5, 5.41) is 0. The van der Waals surface area contributed by atoms with Crippen LogP contribution in [0.25, 0.3) is 0 Å². The Morgan fingerprint density at radius 2 is 2.12 bits per heavy atom. The topological polar surface area (TPSA) is 67.1 Å². The van der Waals surface area contributed by atoms with Crippen molar-refractivity contribution in [2.24, 2.45) is 5.84 Å². The number of hydrazine groups is 1. The Balaban J connectivity index is 2.79. The van der Waals surface area contributed by atoms with Crippen LogP contribution >= 0.6 is 15.9 Å². The van der Waals surface area contributed by atoms with Crippen molar-refractivity contribution in [2.75, 3.05) is 23.9 Å². The van der Waals surface area contributed by atoms with Crippen LogP contribution in [0.1, 0.15) is 6.42 Å². The predicted molar refractivity (Wildman–Crippen MR) is 61.5 cm³/mol. The normalized spacial score (nSPS) is 11.4. The fourth-order valence-electron chi connectivity index (χ4n) is 1.13. The maximum absolute atomic E-state index is 12.1. The van der Waals surface area contributed by atoms with E-state index in [-0.39, 0.29) is 6.54 Å². The van der Waals surface area contributed by atoms with Crippen LogP contribution in [0.4, 0.5) is 24.8 Å². The lowest BCUT2D eigenvalue weighted by atomic mass is 10.4. The second kappa shape index (κ2) is 5.50. The van der Waals surface area contributed by atoms with Gasteiger partial charge < -0.3 is 10.3 Å². The molecule has 0 saturated carbocycles. The van der Waals surface area contributed by atoms with Crippen molar-refractivity contribution in [1.29, 1.82) is 0 Å². The number of nitrogens with one attached hydrogen (secondary N) is 1. The number of rotatable bonds is 4. The van der Waals surface area contributed by atoms with E-state index in [9.17, 15) is 13.2 Å². The molecule has 0 aliphatic heterocycles. The average Bonchev–Trinajstić information content (AvgIpc) is 2.25. The van der Waals surface area contributed by atoms with Gasteiger partial charge in [0.1, 0.15) is 16.6 Å². The SMILES string of the molecule is CN(CCC(F)(F)F)c1ncnc(NN)c1Br. The molecule has 3 N–H and O–H groups in total. The molecule has 17 heavy (non-hydrogen) atoms. The number of halogens is 4. The number of nitrogens with two attached hydrogens (primary N) is 1. The van der Waals surface area contributed by atoms with Crippen molar-refractivity contribution in [3.05, 3.63) is 10.8 Å². The molecule has 1 heterocycles. The molecule has 0 fully saturated rings. The fourth-order valence-corrected chi connectivity index (χ4v) is 1.75. The molecule has 9 heteroatoms. The van der Waals surface area contributed by atoms with Crippen molar-refractivity contribution in [3.8, 4) is 0 Å². The number of aromatic nitrogens is 2. The van der Waals surface area contributed by atoms with Gasteiger partial charge in [0.05, 0.1) is 6.42 Å². The molecule has 0 spiro atoms. The molecule has 96 valence electrons. The maximum atomic E-state index is 12.1. The minimum Gasteiger partial charge on any atom is -0.358 e. The second-order valence-corrected chi connectivity index (χ2v) is 4.08. The van der Waals surface area contributed by atoms with E-state index in [2.05, 4.69) is 31.3 Å². The van der Waals surface area contributed by atoms with Crippen molar-refractivity contribution in [2.45, 2.75) is 12.6 Å². The number of hydrogen-bond donors (Lipinski definition) is 2. The Labute approximate surface area is 104 Å². The fraction of sp³-hybridized carbons (Fsp3) is 0.500. The van der Waals surface area contributed by atoms with Crippen LogP contribution in [0.3, 0.4) is 0 Å². The summed E-state index contributed by atoms with van der Waals surface area (Å²) in [6, 6.07) is 0. The molecule has 1 rings (SSSR count). The van der Waals surface area contributed by atoms with Crippen LogP contribution < -0.4 is 16.2 Å². The van der Waals surface area contributed by atoms with Gasteiger partial charge in [-0.15, -0.1) is 0 Å². The highest BCUT2D eigenvalue weighted by Gasteiger charge is 2.27. The minimum atomic E-state index is -4.19. The second-order valence-electron chi connectivity index (χ2n) is 3.29. The van der Waals surface area contributed by atoms with E-state index in [1.165, 1.54) is 18.3 Å². The van der Waals surface area contributed by atoms with E-state index in [0.717, 1.165) is 0 Å². The molecular weight excluding hydrogens is 303 g/mol. The van der Waals surface area contributed by atoms with E-state index in [4.69, 9.17) is 5.84 Å². The molecule has 0 saturated heterocycles. The number of alkyl halides is 3. The summed E-state index contributed by atoms with van der Waals surface area (Å²) in [6.07, 6.45) is -3.88. The first kappa shape index (κ1) is 14.0. The van der Waals surface area contributed by atoms with E-state index >= 15 is 0 Å². The Morgan fingerprint density at radius 3 is 2.65 bits per heavy atom. The first-order valence-corrected chi connectivity index (χ1v) is 5.39. The molecule has 0 atom stereocenters. The first-order chi connectivity index (χ1) is 7.85. The van der Waals surface area contributed by atoms with Crippen molar-refractivity contribution >= 4 is 27.6 Å². The standard InChI is InChI=1S/C8H11BrF3N5/c1-17(3-2-8(10,11)12)7-5(9)6(16-13)14-4-15-7/h4H,2-3,13H2,1H3,(H,14,15,16). The van der Waals surface area contributed by atoms with Gasteiger partial charge in [-0.2, -0.15) is 13.2 Å². The molecule has 0 radical (unpaired) electrons. The van der Waals surface area contributed by atoms with E-state index in [1.54, 1.807) is 0 Å².